The number of nitro groups is 1. The quantitative estimate of drug-likeness (QED) is 0.236. The van der Waals surface area contributed by atoms with Crippen LogP contribution in [0.15, 0.2) is 23.2 Å². The molecule has 0 bridgehead atoms. The molecule has 0 aliphatic carbocycles. The lowest BCUT2D eigenvalue weighted by molar-refractivity contribution is -0.385. The average Bonchev–Trinajstić information content (AvgIpc) is 2.62. The van der Waals surface area contributed by atoms with Crippen LogP contribution < -0.4 is 0 Å². The fourth-order valence-electron chi connectivity index (χ4n) is 3.90. The van der Waals surface area contributed by atoms with E-state index in [-0.39, 0.29) is 17.3 Å². The van der Waals surface area contributed by atoms with Crippen molar-refractivity contribution in [1.29, 1.82) is 0 Å². The van der Waals surface area contributed by atoms with Gasteiger partial charge in [-0.1, -0.05) is 28.7 Å². The van der Waals surface area contributed by atoms with Gasteiger partial charge in [-0.3, -0.25) is 20.0 Å². The van der Waals surface area contributed by atoms with E-state index in [2.05, 4.69) is 22.6 Å². The number of nitro benzene ring substituents is 1. The molecule has 2 rings (SSSR count). The first-order chi connectivity index (χ1) is 14.5. The number of halogens is 1. The summed E-state index contributed by atoms with van der Waals surface area (Å²) in [4.78, 5) is 28.9. The van der Waals surface area contributed by atoms with E-state index in [1.54, 1.807) is 33.8 Å². The summed E-state index contributed by atoms with van der Waals surface area (Å²) in [6.45, 7) is 9.50. The van der Waals surface area contributed by atoms with Gasteiger partial charge in [-0.15, -0.1) is 0 Å². The third-order valence-electron chi connectivity index (χ3n) is 5.68. The highest BCUT2D eigenvalue weighted by atomic mass is 127. The number of amidine groups is 1. The van der Waals surface area contributed by atoms with Crippen molar-refractivity contribution < 1.29 is 23.2 Å². The summed E-state index contributed by atoms with van der Waals surface area (Å²) in [5.41, 5.74) is -1.29. The van der Waals surface area contributed by atoms with E-state index in [1.165, 1.54) is 26.0 Å². The third kappa shape index (κ3) is 4.92. The number of non-ortho nitro benzene ring substituents is 1. The number of benzene rings is 1. The number of carboxylic acid groups (broad SMARTS) is 1. The van der Waals surface area contributed by atoms with Crippen molar-refractivity contribution >= 4 is 50.0 Å². The number of nitrogens with zero attached hydrogens (tertiary/aromatic N) is 3. The maximum Gasteiger partial charge on any atom is 0.413 e. The molecule has 9 nitrogen and oxygen atoms in total. The Kier molecular flexibility index (Phi) is 7.35. The number of hydrogen-bond acceptors (Lipinski definition) is 6. The van der Waals surface area contributed by atoms with E-state index < -0.39 is 36.7 Å². The fourth-order valence-corrected chi connectivity index (χ4v) is 6.01. The summed E-state index contributed by atoms with van der Waals surface area (Å²) in [5, 5.41) is 21.4. The molecule has 1 heterocycles. The molecule has 11 heteroatoms. The van der Waals surface area contributed by atoms with E-state index in [0.29, 0.717) is 12.0 Å². The minimum absolute atomic E-state index is 0.0856. The third-order valence-corrected chi connectivity index (χ3v) is 9.12. The minimum atomic E-state index is -3.88. The Hall–Kier alpha value is -1.76. The second kappa shape index (κ2) is 8.88. The lowest BCUT2D eigenvalue weighted by atomic mass is 9.87. The number of amides is 1. The molecule has 1 aromatic rings. The summed E-state index contributed by atoms with van der Waals surface area (Å²) in [7, 11) is -3.88. The number of aryl methyl sites for hydroxylation is 1. The van der Waals surface area contributed by atoms with Gasteiger partial charge in [0.25, 0.3) is 5.69 Å². The van der Waals surface area contributed by atoms with Gasteiger partial charge in [0.05, 0.1) is 16.2 Å². The molecule has 0 aromatic heterocycles. The summed E-state index contributed by atoms with van der Waals surface area (Å²) in [6.07, 6.45) is 0.0923. The zero-order chi connectivity index (χ0) is 24.7. The van der Waals surface area contributed by atoms with Crippen LogP contribution in [-0.4, -0.2) is 55.7 Å². The first-order valence-corrected chi connectivity index (χ1v) is 13.4. The Labute approximate surface area is 202 Å². The van der Waals surface area contributed by atoms with Crippen molar-refractivity contribution in [2.45, 2.75) is 70.2 Å². The number of sulfone groups is 1. The number of alkyl halides is 1. The lowest BCUT2D eigenvalue weighted by Gasteiger charge is -2.45. The standard InChI is InChI=1S/C21H30IN3O6S/c1-19(2,3)24(18(26)27)17-20(4,5)32(30,31)13-21(6,23-17)16-12-15(25(28)29)10-9-14(16)8-7-11-22/h9-10,12H,7-8,11,13H2,1-6H3,(H,26,27)/t21-/m0/s1. The average molecular weight is 579 g/mol. The Morgan fingerprint density at radius 3 is 2.38 bits per heavy atom. The molecule has 178 valence electrons. The molecular weight excluding hydrogens is 549 g/mol. The van der Waals surface area contributed by atoms with E-state index in [0.717, 1.165) is 21.3 Å². The highest BCUT2D eigenvalue weighted by molar-refractivity contribution is 14.1. The van der Waals surface area contributed by atoms with E-state index >= 15 is 0 Å². The monoisotopic (exact) mass is 579 g/mol. The fraction of sp³-hybridized carbons (Fsp3) is 0.619. The Bertz CT molecular complexity index is 1060. The van der Waals surface area contributed by atoms with Crippen molar-refractivity contribution in [3.63, 3.8) is 0 Å². The van der Waals surface area contributed by atoms with Gasteiger partial charge < -0.3 is 5.11 Å². The Morgan fingerprint density at radius 2 is 1.91 bits per heavy atom. The molecule has 1 amide bonds. The largest absolute Gasteiger partial charge is 0.465 e. The van der Waals surface area contributed by atoms with E-state index in [4.69, 9.17) is 4.99 Å². The van der Waals surface area contributed by atoms with Crippen molar-refractivity contribution in [2.75, 3.05) is 10.2 Å². The Morgan fingerprint density at radius 1 is 1.31 bits per heavy atom. The molecule has 32 heavy (non-hydrogen) atoms. The van der Waals surface area contributed by atoms with Crippen molar-refractivity contribution in [3.05, 3.63) is 39.4 Å². The molecule has 0 saturated carbocycles. The number of rotatable bonds is 5. The van der Waals surface area contributed by atoms with Crippen LogP contribution in [0.25, 0.3) is 0 Å². The van der Waals surface area contributed by atoms with Gasteiger partial charge in [0, 0.05) is 17.7 Å². The second-order valence-corrected chi connectivity index (χ2v) is 13.3. The summed E-state index contributed by atoms with van der Waals surface area (Å²) < 4.78 is 26.2. The number of carbonyl (C=O) groups is 1. The maximum absolute atomic E-state index is 13.5. The van der Waals surface area contributed by atoms with Crippen LogP contribution in [0.2, 0.25) is 0 Å². The summed E-state index contributed by atoms with van der Waals surface area (Å²) in [5.74, 6) is -0.468. The van der Waals surface area contributed by atoms with E-state index in [9.17, 15) is 28.4 Å². The minimum Gasteiger partial charge on any atom is -0.465 e. The molecule has 1 atom stereocenters. The van der Waals surface area contributed by atoms with Gasteiger partial charge in [0.1, 0.15) is 10.6 Å². The molecule has 1 N–H and O–H groups in total. The highest BCUT2D eigenvalue weighted by Crippen LogP contribution is 2.42. The molecule has 0 saturated heterocycles. The maximum atomic E-state index is 13.5. The molecule has 1 aliphatic rings. The zero-order valence-corrected chi connectivity index (χ0v) is 22.2. The molecule has 0 fully saturated rings. The van der Waals surface area contributed by atoms with Crippen LogP contribution in [0.3, 0.4) is 0 Å². The van der Waals surface area contributed by atoms with Gasteiger partial charge in [-0.05, 0) is 69.9 Å². The van der Waals surface area contributed by atoms with Crippen molar-refractivity contribution in [3.8, 4) is 0 Å². The van der Waals surface area contributed by atoms with Gasteiger partial charge in [-0.25, -0.2) is 13.2 Å². The van der Waals surface area contributed by atoms with Crippen LogP contribution in [0.5, 0.6) is 0 Å². The van der Waals surface area contributed by atoms with Crippen LogP contribution in [0, 0.1) is 10.1 Å². The predicted molar refractivity (Wildman–Crippen MR) is 133 cm³/mol. The summed E-state index contributed by atoms with van der Waals surface area (Å²) >= 11 is 2.24. The first kappa shape index (κ1) is 26.5. The number of hydrogen-bond donors (Lipinski definition) is 1. The van der Waals surface area contributed by atoms with Crippen LogP contribution in [-0.2, 0) is 21.8 Å². The van der Waals surface area contributed by atoms with Crippen molar-refractivity contribution in [2.24, 2.45) is 4.99 Å². The molecule has 1 aromatic carbocycles. The highest BCUT2D eigenvalue weighted by Gasteiger charge is 2.54. The van der Waals surface area contributed by atoms with Gasteiger partial charge in [-0.2, -0.15) is 0 Å². The summed E-state index contributed by atoms with van der Waals surface area (Å²) in [6, 6.07) is 4.42. The van der Waals surface area contributed by atoms with Gasteiger partial charge in [0.2, 0.25) is 0 Å². The molecule has 0 radical (unpaired) electrons. The van der Waals surface area contributed by atoms with Crippen LogP contribution in [0.1, 0.15) is 59.1 Å². The van der Waals surface area contributed by atoms with Crippen LogP contribution >= 0.6 is 22.6 Å². The van der Waals surface area contributed by atoms with Gasteiger partial charge >= 0.3 is 6.09 Å². The van der Waals surface area contributed by atoms with Gasteiger partial charge in [0.15, 0.2) is 9.84 Å². The normalized spacial score (nSPS) is 22.2. The topological polar surface area (TPSA) is 130 Å². The SMILES string of the molecule is CC(C)(C)N(C(=O)O)C1=N[C@](C)(c2cc([N+](=O)[O-])ccc2CCCI)CS(=O)(=O)C1(C)C. The molecule has 1 aliphatic heterocycles. The zero-order valence-electron chi connectivity index (χ0n) is 19.2. The Balaban J connectivity index is 2.89. The first-order valence-electron chi connectivity index (χ1n) is 10.2. The molecule has 0 unspecified atom stereocenters. The number of aliphatic imine (C=N–C) groups is 1. The van der Waals surface area contributed by atoms with Crippen molar-refractivity contribution in [1.82, 2.24) is 4.90 Å². The van der Waals surface area contributed by atoms with E-state index in [1.807, 2.05) is 0 Å². The predicted octanol–water partition coefficient (Wildman–Crippen LogP) is 4.56. The molecule has 0 spiro atoms. The second-order valence-electron chi connectivity index (χ2n) is 9.66. The van der Waals surface area contributed by atoms with Crippen LogP contribution in [0.4, 0.5) is 10.5 Å². The lowest BCUT2D eigenvalue weighted by Crippen LogP contribution is -2.62. The molecular formula is C21H30IN3O6S. The smallest absolute Gasteiger partial charge is 0.413 e.